The van der Waals surface area contributed by atoms with Gasteiger partial charge in [-0.1, -0.05) is 0 Å². The minimum Gasteiger partial charge on any atom is -0.368 e. The van der Waals surface area contributed by atoms with Crippen LogP contribution in [-0.4, -0.2) is 40.7 Å². The number of aryl methyl sites for hydroxylation is 1. The number of fused-ring (bicyclic) bond motifs is 1. The molecule has 0 radical (unpaired) electrons. The van der Waals surface area contributed by atoms with Gasteiger partial charge in [-0.05, 0) is 30.3 Å². The van der Waals surface area contributed by atoms with Gasteiger partial charge in [0.2, 0.25) is 0 Å². The average Bonchev–Trinajstić information content (AvgIpc) is 2.70. The van der Waals surface area contributed by atoms with Crippen molar-refractivity contribution in [2.24, 2.45) is 7.05 Å². The molecule has 4 rings (SSSR count). The summed E-state index contributed by atoms with van der Waals surface area (Å²) in [6.07, 6.45) is -2.00. The van der Waals surface area contributed by atoms with Crippen molar-refractivity contribution in [1.29, 1.82) is 0 Å². The van der Waals surface area contributed by atoms with Crippen LogP contribution in [0, 0.1) is 0 Å². The van der Waals surface area contributed by atoms with Gasteiger partial charge in [-0.3, -0.25) is 4.79 Å². The number of pyridine rings is 1. The number of piperazine rings is 1. The Morgan fingerprint density at radius 1 is 0.964 bits per heavy atom. The molecule has 1 aromatic carbocycles. The number of benzene rings is 1. The fraction of sp³-hybridized carbons (Fsp3) is 0.316. The predicted octanol–water partition coefficient (Wildman–Crippen LogP) is 2.67. The number of halogens is 3. The van der Waals surface area contributed by atoms with E-state index >= 15 is 0 Å². The molecule has 0 N–H and O–H groups in total. The van der Waals surface area contributed by atoms with Crippen LogP contribution in [0.5, 0.6) is 0 Å². The summed E-state index contributed by atoms with van der Waals surface area (Å²) in [5.41, 5.74) is 0.778. The molecule has 0 bridgehead atoms. The lowest BCUT2D eigenvalue weighted by Gasteiger charge is -2.36. The minimum absolute atomic E-state index is 0.0882. The molecule has 1 fully saturated rings. The Hall–Kier alpha value is -3.10. The van der Waals surface area contributed by atoms with Gasteiger partial charge >= 0.3 is 6.18 Å². The van der Waals surface area contributed by atoms with Crippen molar-refractivity contribution in [3.8, 4) is 0 Å². The number of nitrogens with zero attached hydrogens (tertiary/aromatic N) is 5. The Labute approximate surface area is 158 Å². The highest BCUT2D eigenvalue weighted by molar-refractivity contribution is 5.81. The van der Waals surface area contributed by atoms with E-state index in [1.54, 1.807) is 13.1 Å². The summed E-state index contributed by atoms with van der Waals surface area (Å²) in [5, 5.41) is 0.571. The Kier molecular flexibility index (Phi) is 4.44. The van der Waals surface area contributed by atoms with Crippen molar-refractivity contribution >= 4 is 22.4 Å². The highest BCUT2D eigenvalue weighted by atomic mass is 19.4. The summed E-state index contributed by atoms with van der Waals surface area (Å²) in [6, 6.07) is 8.04. The lowest BCUT2D eigenvalue weighted by molar-refractivity contribution is -0.137. The molecule has 1 aliphatic heterocycles. The first-order valence-corrected chi connectivity index (χ1v) is 8.81. The van der Waals surface area contributed by atoms with E-state index in [9.17, 15) is 18.0 Å². The SMILES string of the molecule is Cn1cnc2cc(N3CCN(c4ccc(C(F)(F)F)cn4)CC3)ccc2c1=O. The number of rotatable bonds is 2. The summed E-state index contributed by atoms with van der Waals surface area (Å²) < 4.78 is 39.5. The molecule has 9 heteroatoms. The molecule has 28 heavy (non-hydrogen) atoms. The van der Waals surface area contributed by atoms with Crippen LogP contribution in [0.15, 0.2) is 47.7 Å². The molecule has 2 aromatic heterocycles. The first kappa shape index (κ1) is 18.3. The van der Waals surface area contributed by atoms with E-state index in [1.807, 2.05) is 17.0 Å². The molecule has 0 aliphatic carbocycles. The maximum absolute atomic E-state index is 12.7. The van der Waals surface area contributed by atoms with Crippen molar-refractivity contribution in [2.75, 3.05) is 36.0 Å². The Morgan fingerprint density at radius 2 is 1.68 bits per heavy atom. The molecule has 1 aliphatic rings. The van der Waals surface area contributed by atoms with Gasteiger partial charge in [0.25, 0.3) is 5.56 Å². The summed E-state index contributed by atoms with van der Waals surface area (Å²) >= 11 is 0. The van der Waals surface area contributed by atoms with Crippen LogP contribution in [0.2, 0.25) is 0 Å². The topological polar surface area (TPSA) is 54.3 Å². The molecule has 0 spiro atoms. The summed E-state index contributed by atoms with van der Waals surface area (Å²) in [5.74, 6) is 0.538. The lowest BCUT2D eigenvalue weighted by atomic mass is 10.2. The van der Waals surface area contributed by atoms with Crippen molar-refractivity contribution < 1.29 is 13.2 Å². The molecule has 0 amide bonds. The van der Waals surface area contributed by atoms with Crippen LogP contribution < -0.4 is 15.4 Å². The summed E-state index contributed by atoms with van der Waals surface area (Å²) in [6.45, 7) is 2.67. The quantitative estimate of drug-likeness (QED) is 0.675. The number of hydrogen-bond acceptors (Lipinski definition) is 5. The van der Waals surface area contributed by atoms with E-state index in [0.717, 1.165) is 18.0 Å². The third kappa shape index (κ3) is 3.39. The average molecular weight is 389 g/mol. The van der Waals surface area contributed by atoms with E-state index in [0.29, 0.717) is 42.9 Å². The van der Waals surface area contributed by atoms with Gasteiger partial charge in [0.1, 0.15) is 5.82 Å². The molecule has 0 atom stereocenters. The molecule has 0 unspecified atom stereocenters. The van der Waals surface area contributed by atoms with Gasteiger partial charge in [0, 0.05) is 45.1 Å². The van der Waals surface area contributed by atoms with Crippen LogP contribution in [0.25, 0.3) is 10.9 Å². The van der Waals surface area contributed by atoms with Gasteiger partial charge in [0.15, 0.2) is 0 Å². The molecule has 6 nitrogen and oxygen atoms in total. The van der Waals surface area contributed by atoms with Gasteiger partial charge in [-0.25, -0.2) is 9.97 Å². The van der Waals surface area contributed by atoms with Gasteiger partial charge in [-0.15, -0.1) is 0 Å². The van der Waals surface area contributed by atoms with Crippen LogP contribution in [0.4, 0.5) is 24.7 Å². The molecule has 1 saturated heterocycles. The standard InChI is InChI=1S/C19H18F3N5O/c1-25-12-24-16-10-14(3-4-15(16)18(25)28)26-6-8-27(9-7-26)17-5-2-13(11-23-17)19(20,21)22/h2-5,10-12H,6-9H2,1H3. The van der Waals surface area contributed by atoms with Crippen molar-refractivity contribution in [3.05, 3.63) is 58.8 Å². The third-order valence-electron chi connectivity index (χ3n) is 4.95. The Morgan fingerprint density at radius 3 is 2.32 bits per heavy atom. The number of anilines is 2. The first-order chi connectivity index (χ1) is 13.3. The second-order valence-electron chi connectivity index (χ2n) is 6.74. The minimum atomic E-state index is -4.38. The summed E-state index contributed by atoms with van der Waals surface area (Å²) in [7, 11) is 1.66. The van der Waals surface area contributed by atoms with Crippen LogP contribution in [0.1, 0.15) is 5.56 Å². The third-order valence-corrected chi connectivity index (χ3v) is 4.95. The first-order valence-electron chi connectivity index (χ1n) is 8.81. The zero-order chi connectivity index (χ0) is 19.9. The fourth-order valence-electron chi connectivity index (χ4n) is 3.33. The smallest absolute Gasteiger partial charge is 0.368 e. The highest BCUT2D eigenvalue weighted by Crippen LogP contribution is 2.29. The van der Waals surface area contributed by atoms with Gasteiger partial charge < -0.3 is 14.4 Å². The summed E-state index contributed by atoms with van der Waals surface area (Å²) in [4.78, 5) is 24.5. The van der Waals surface area contributed by atoms with E-state index in [2.05, 4.69) is 14.9 Å². The van der Waals surface area contributed by atoms with Crippen molar-refractivity contribution in [2.45, 2.75) is 6.18 Å². The monoisotopic (exact) mass is 389 g/mol. The van der Waals surface area contributed by atoms with Gasteiger partial charge in [-0.2, -0.15) is 13.2 Å². The second kappa shape index (κ2) is 6.81. The van der Waals surface area contributed by atoms with Crippen LogP contribution >= 0.6 is 0 Å². The van der Waals surface area contributed by atoms with Crippen molar-refractivity contribution in [3.63, 3.8) is 0 Å². The number of aromatic nitrogens is 3. The van der Waals surface area contributed by atoms with E-state index in [-0.39, 0.29) is 5.56 Å². The molecular weight excluding hydrogens is 371 g/mol. The largest absolute Gasteiger partial charge is 0.417 e. The zero-order valence-electron chi connectivity index (χ0n) is 15.1. The molecule has 146 valence electrons. The lowest BCUT2D eigenvalue weighted by Crippen LogP contribution is -2.46. The van der Waals surface area contributed by atoms with Crippen LogP contribution in [-0.2, 0) is 13.2 Å². The number of hydrogen-bond donors (Lipinski definition) is 0. The Bertz CT molecular complexity index is 1050. The molecule has 0 saturated carbocycles. The van der Waals surface area contributed by atoms with E-state index in [4.69, 9.17) is 0 Å². The molecular formula is C19H18F3N5O. The molecule has 3 heterocycles. The predicted molar refractivity (Wildman–Crippen MR) is 101 cm³/mol. The highest BCUT2D eigenvalue weighted by Gasteiger charge is 2.31. The van der Waals surface area contributed by atoms with E-state index in [1.165, 1.54) is 17.0 Å². The molecule has 3 aromatic rings. The number of alkyl halides is 3. The van der Waals surface area contributed by atoms with Crippen molar-refractivity contribution in [1.82, 2.24) is 14.5 Å². The Balaban J connectivity index is 1.47. The van der Waals surface area contributed by atoms with Gasteiger partial charge in [0.05, 0.1) is 22.8 Å². The second-order valence-corrected chi connectivity index (χ2v) is 6.74. The normalized spacial score (nSPS) is 15.3. The maximum Gasteiger partial charge on any atom is 0.417 e. The van der Waals surface area contributed by atoms with E-state index < -0.39 is 11.7 Å². The fourth-order valence-corrected chi connectivity index (χ4v) is 3.33. The van der Waals surface area contributed by atoms with Crippen LogP contribution in [0.3, 0.4) is 0 Å². The zero-order valence-corrected chi connectivity index (χ0v) is 15.1. The maximum atomic E-state index is 12.7.